The number of pyridine rings is 1. The third kappa shape index (κ3) is 3.94. The van der Waals surface area contributed by atoms with Gasteiger partial charge in [0.15, 0.2) is 0 Å². The standard InChI is InChI=1S/C24H27N7O2/c1-15(2)31-13-18-21(23(31)33)27-24(30-9-8-29(3)20(32)14-30)28-22(18)26-12-16-10-17-6-4-5-7-19(17)25-11-16/h4-7,10-11,15H,8-9,12-14H2,1-3H3,(H,26,27,28). The molecule has 1 aromatic carbocycles. The number of hydrogen-bond acceptors (Lipinski definition) is 7. The van der Waals surface area contributed by atoms with Gasteiger partial charge in [-0.2, -0.15) is 4.98 Å². The second-order valence-corrected chi connectivity index (χ2v) is 8.85. The molecule has 1 fully saturated rings. The molecular weight excluding hydrogens is 418 g/mol. The Morgan fingerprint density at radius 1 is 1.09 bits per heavy atom. The number of fused-ring (bicyclic) bond motifs is 2. The molecule has 0 saturated carbocycles. The molecule has 2 amide bonds. The molecule has 9 heteroatoms. The van der Waals surface area contributed by atoms with Gasteiger partial charge in [0.25, 0.3) is 5.91 Å². The van der Waals surface area contributed by atoms with Crippen LogP contribution in [-0.4, -0.2) is 69.3 Å². The van der Waals surface area contributed by atoms with Gasteiger partial charge in [-0.1, -0.05) is 18.2 Å². The Hall–Kier alpha value is -3.75. The Bertz CT molecular complexity index is 1240. The van der Waals surface area contributed by atoms with Gasteiger partial charge in [0.1, 0.15) is 11.5 Å². The third-order valence-electron chi connectivity index (χ3n) is 6.26. The molecule has 0 aliphatic carbocycles. The number of nitrogens with one attached hydrogen (secondary N) is 1. The first-order valence-electron chi connectivity index (χ1n) is 11.2. The van der Waals surface area contributed by atoms with Gasteiger partial charge < -0.3 is 20.0 Å². The van der Waals surface area contributed by atoms with E-state index < -0.39 is 0 Å². The molecule has 5 rings (SSSR count). The zero-order chi connectivity index (χ0) is 23.1. The average Bonchev–Trinajstić information content (AvgIpc) is 3.16. The molecule has 0 radical (unpaired) electrons. The lowest BCUT2D eigenvalue weighted by Gasteiger charge is -2.32. The van der Waals surface area contributed by atoms with E-state index in [4.69, 9.17) is 4.98 Å². The van der Waals surface area contributed by atoms with Gasteiger partial charge in [-0.3, -0.25) is 14.6 Å². The van der Waals surface area contributed by atoms with Crippen molar-refractivity contribution in [3.8, 4) is 0 Å². The van der Waals surface area contributed by atoms with Crippen molar-refractivity contribution in [1.82, 2.24) is 24.8 Å². The highest BCUT2D eigenvalue weighted by Crippen LogP contribution is 2.31. The molecular formula is C24H27N7O2. The summed E-state index contributed by atoms with van der Waals surface area (Å²) in [6.45, 7) is 6.37. The number of para-hydroxylation sites is 1. The Labute approximate surface area is 192 Å². The summed E-state index contributed by atoms with van der Waals surface area (Å²) in [4.78, 5) is 44.6. The van der Waals surface area contributed by atoms with Crippen LogP contribution in [0.25, 0.3) is 10.9 Å². The van der Waals surface area contributed by atoms with Gasteiger partial charge in [0.05, 0.1) is 18.6 Å². The second kappa shape index (κ2) is 8.31. The summed E-state index contributed by atoms with van der Waals surface area (Å²) < 4.78 is 0. The number of aromatic nitrogens is 3. The van der Waals surface area contributed by atoms with E-state index >= 15 is 0 Å². The molecule has 170 valence electrons. The first kappa shape index (κ1) is 21.1. The highest BCUT2D eigenvalue weighted by atomic mass is 16.2. The van der Waals surface area contributed by atoms with E-state index in [9.17, 15) is 9.59 Å². The van der Waals surface area contributed by atoms with Crippen LogP contribution in [0.2, 0.25) is 0 Å². The average molecular weight is 446 g/mol. The van der Waals surface area contributed by atoms with Crippen molar-refractivity contribution < 1.29 is 9.59 Å². The van der Waals surface area contributed by atoms with Crippen LogP contribution in [0, 0.1) is 0 Å². The molecule has 0 bridgehead atoms. The maximum absolute atomic E-state index is 13.1. The maximum atomic E-state index is 13.1. The number of carbonyl (C=O) groups is 2. The smallest absolute Gasteiger partial charge is 0.273 e. The first-order valence-corrected chi connectivity index (χ1v) is 11.2. The van der Waals surface area contributed by atoms with E-state index in [0.29, 0.717) is 43.6 Å². The second-order valence-electron chi connectivity index (χ2n) is 8.85. The SMILES string of the molecule is CC(C)N1Cc2c(NCc3cnc4ccccc4c3)nc(N3CCN(C)C(=O)C3)nc2C1=O. The van der Waals surface area contributed by atoms with E-state index in [2.05, 4.69) is 21.4 Å². The molecule has 2 aliphatic rings. The topological polar surface area (TPSA) is 94.6 Å². The zero-order valence-corrected chi connectivity index (χ0v) is 19.1. The molecule has 0 unspecified atom stereocenters. The number of piperazine rings is 1. The van der Waals surface area contributed by atoms with E-state index in [0.717, 1.165) is 22.0 Å². The fraction of sp³-hybridized carbons (Fsp3) is 0.375. The van der Waals surface area contributed by atoms with Gasteiger partial charge in [0, 0.05) is 49.9 Å². The number of benzene rings is 1. The van der Waals surface area contributed by atoms with E-state index in [1.165, 1.54) is 0 Å². The largest absolute Gasteiger partial charge is 0.365 e. The van der Waals surface area contributed by atoms with Crippen LogP contribution >= 0.6 is 0 Å². The summed E-state index contributed by atoms with van der Waals surface area (Å²) in [5, 5.41) is 4.49. The highest BCUT2D eigenvalue weighted by molar-refractivity contribution is 5.98. The maximum Gasteiger partial charge on any atom is 0.273 e. The minimum atomic E-state index is -0.0977. The van der Waals surface area contributed by atoms with Crippen molar-refractivity contribution >= 4 is 34.5 Å². The Morgan fingerprint density at radius 2 is 1.91 bits per heavy atom. The molecule has 4 heterocycles. The first-order chi connectivity index (χ1) is 15.9. The van der Waals surface area contributed by atoms with Crippen LogP contribution in [0.5, 0.6) is 0 Å². The van der Waals surface area contributed by atoms with Crippen molar-refractivity contribution in [1.29, 1.82) is 0 Å². The number of amides is 2. The third-order valence-corrected chi connectivity index (χ3v) is 6.26. The van der Waals surface area contributed by atoms with Crippen molar-refractivity contribution in [2.45, 2.75) is 33.0 Å². The number of hydrogen-bond donors (Lipinski definition) is 1. The van der Waals surface area contributed by atoms with E-state index in [-0.39, 0.29) is 24.4 Å². The Kier molecular flexibility index (Phi) is 5.32. The monoisotopic (exact) mass is 445 g/mol. The number of rotatable bonds is 5. The van der Waals surface area contributed by atoms with Crippen molar-refractivity contribution in [3.63, 3.8) is 0 Å². The fourth-order valence-electron chi connectivity index (χ4n) is 4.21. The van der Waals surface area contributed by atoms with Gasteiger partial charge in [-0.25, -0.2) is 4.98 Å². The molecule has 2 aromatic heterocycles. The molecule has 9 nitrogen and oxygen atoms in total. The number of anilines is 2. The molecule has 1 saturated heterocycles. The predicted molar refractivity (Wildman–Crippen MR) is 126 cm³/mol. The predicted octanol–water partition coefficient (Wildman–Crippen LogP) is 2.28. The summed E-state index contributed by atoms with van der Waals surface area (Å²) >= 11 is 0. The van der Waals surface area contributed by atoms with Crippen molar-refractivity contribution in [2.75, 3.05) is 36.9 Å². The van der Waals surface area contributed by atoms with Crippen LogP contribution in [0.15, 0.2) is 36.5 Å². The van der Waals surface area contributed by atoms with Gasteiger partial charge in [-0.15, -0.1) is 0 Å². The van der Waals surface area contributed by atoms with Gasteiger partial charge >= 0.3 is 0 Å². The van der Waals surface area contributed by atoms with Crippen molar-refractivity contribution in [3.05, 3.63) is 53.3 Å². The lowest BCUT2D eigenvalue weighted by atomic mass is 10.1. The normalized spacial score (nSPS) is 16.2. The summed E-state index contributed by atoms with van der Waals surface area (Å²) in [6, 6.07) is 10.1. The summed E-state index contributed by atoms with van der Waals surface area (Å²) in [7, 11) is 1.79. The molecule has 0 atom stereocenters. The number of likely N-dealkylation sites (N-methyl/N-ethyl adjacent to an activating group) is 1. The molecule has 3 aromatic rings. The number of nitrogens with zero attached hydrogens (tertiary/aromatic N) is 6. The fourth-order valence-corrected chi connectivity index (χ4v) is 4.21. The van der Waals surface area contributed by atoms with E-state index in [1.807, 2.05) is 49.2 Å². The lowest BCUT2D eigenvalue weighted by molar-refractivity contribution is -0.129. The van der Waals surface area contributed by atoms with Crippen LogP contribution in [0.3, 0.4) is 0 Å². The molecule has 2 aliphatic heterocycles. The minimum absolute atomic E-state index is 0.0113. The lowest BCUT2D eigenvalue weighted by Crippen LogP contribution is -2.49. The van der Waals surface area contributed by atoms with Crippen LogP contribution < -0.4 is 10.2 Å². The van der Waals surface area contributed by atoms with Gasteiger partial charge in [0.2, 0.25) is 11.9 Å². The Balaban J connectivity index is 1.47. The quantitative estimate of drug-likeness (QED) is 0.644. The highest BCUT2D eigenvalue weighted by Gasteiger charge is 2.35. The van der Waals surface area contributed by atoms with Crippen LogP contribution in [-0.2, 0) is 17.9 Å². The Morgan fingerprint density at radius 3 is 2.70 bits per heavy atom. The number of carbonyl (C=O) groups excluding carboxylic acids is 2. The van der Waals surface area contributed by atoms with Crippen LogP contribution in [0.1, 0.15) is 35.5 Å². The zero-order valence-electron chi connectivity index (χ0n) is 19.1. The summed E-state index contributed by atoms with van der Waals surface area (Å²) in [6.07, 6.45) is 1.85. The molecule has 33 heavy (non-hydrogen) atoms. The summed E-state index contributed by atoms with van der Waals surface area (Å²) in [5.74, 6) is 0.955. The molecule has 1 N–H and O–H groups in total. The van der Waals surface area contributed by atoms with Gasteiger partial charge in [-0.05, 0) is 31.5 Å². The van der Waals surface area contributed by atoms with Crippen LogP contribution in [0.4, 0.5) is 11.8 Å². The summed E-state index contributed by atoms with van der Waals surface area (Å²) in [5.41, 5.74) is 3.18. The molecule has 0 spiro atoms. The van der Waals surface area contributed by atoms with E-state index in [1.54, 1.807) is 16.8 Å². The van der Waals surface area contributed by atoms with Crippen molar-refractivity contribution in [2.24, 2.45) is 0 Å². The minimum Gasteiger partial charge on any atom is -0.365 e.